The van der Waals surface area contributed by atoms with Crippen LogP contribution in [0.15, 0.2) is 30.6 Å². The number of hydrogen-bond donors (Lipinski definition) is 1. The Balaban J connectivity index is 1.82. The summed E-state index contributed by atoms with van der Waals surface area (Å²) in [5.74, 6) is 1.81. The van der Waals surface area contributed by atoms with Gasteiger partial charge in [-0.1, -0.05) is 12.1 Å². The van der Waals surface area contributed by atoms with Crippen LogP contribution in [0.3, 0.4) is 0 Å². The molecule has 19 heavy (non-hydrogen) atoms. The fraction of sp³-hybridized carbons (Fsp3) is 0.467. The Hall–Kier alpha value is -1.68. The third kappa shape index (κ3) is 2.68. The molecule has 1 aliphatic heterocycles. The molecule has 0 atom stereocenters. The molecule has 2 aromatic rings. The summed E-state index contributed by atoms with van der Waals surface area (Å²) in [6, 6.07) is 8.21. The fourth-order valence-corrected chi connectivity index (χ4v) is 2.83. The van der Waals surface area contributed by atoms with Crippen LogP contribution in [0, 0.1) is 5.92 Å². The predicted molar refractivity (Wildman–Crippen MR) is 78.4 cm³/mol. The van der Waals surface area contributed by atoms with E-state index in [0.29, 0.717) is 0 Å². The number of fused-ring (bicyclic) bond motifs is 1. The van der Waals surface area contributed by atoms with Crippen molar-refractivity contribution in [3.8, 4) is 0 Å². The second-order valence-electron chi connectivity index (χ2n) is 5.29. The third-order valence-corrected chi connectivity index (χ3v) is 3.87. The van der Waals surface area contributed by atoms with Gasteiger partial charge in [0.25, 0.3) is 0 Å². The second kappa shape index (κ2) is 5.53. The van der Waals surface area contributed by atoms with Crippen LogP contribution in [0.2, 0.25) is 0 Å². The van der Waals surface area contributed by atoms with Crippen LogP contribution in [0.5, 0.6) is 0 Å². The molecule has 0 amide bonds. The quantitative estimate of drug-likeness (QED) is 0.912. The Morgan fingerprint density at radius 2 is 2.00 bits per heavy atom. The number of anilines is 1. The van der Waals surface area contributed by atoms with Gasteiger partial charge in [0.2, 0.25) is 0 Å². The number of nitrogens with one attached hydrogen (secondary N) is 1. The maximum Gasteiger partial charge on any atom is 0.139 e. The molecule has 0 bridgehead atoms. The van der Waals surface area contributed by atoms with Gasteiger partial charge in [0.1, 0.15) is 12.1 Å². The molecule has 1 aromatic heterocycles. The summed E-state index contributed by atoms with van der Waals surface area (Å²) < 4.78 is 0. The van der Waals surface area contributed by atoms with E-state index in [4.69, 9.17) is 0 Å². The van der Waals surface area contributed by atoms with E-state index in [0.717, 1.165) is 42.3 Å². The minimum absolute atomic E-state index is 0.764. The van der Waals surface area contributed by atoms with Crippen molar-refractivity contribution in [2.75, 3.05) is 31.6 Å². The van der Waals surface area contributed by atoms with E-state index in [2.05, 4.69) is 33.3 Å². The summed E-state index contributed by atoms with van der Waals surface area (Å²) in [5, 5.41) is 4.55. The molecule has 4 heteroatoms. The summed E-state index contributed by atoms with van der Waals surface area (Å²) in [4.78, 5) is 11.1. The van der Waals surface area contributed by atoms with Crippen LogP contribution < -0.4 is 10.2 Å². The fourth-order valence-electron chi connectivity index (χ4n) is 2.83. The average Bonchev–Trinajstić information content (AvgIpc) is 2.47. The summed E-state index contributed by atoms with van der Waals surface area (Å²) >= 11 is 0. The highest BCUT2D eigenvalue weighted by Gasteiger charge is 2.17. The number of hydrogen-bond acceptors (Lipinski definition) is 4. The highest BCUT2D eigenvalue weighted by molar-refractivity contribution is 5.89. The second-order valence-corrected chi connectivity index (χ2v) is 5.29. The summed E-state index contributed by atoms with van der Waals surface area (Å²) in [6.07, 6.45) is 4.18. The van der Waals surface area contributed by atoms with E-state index < -0.39 is 0 Å². The Labute approximate surface area is 113 Å². The molecule has 0 saturated carbocycles. The van der Waals surface area contributed by atoms with E-state index in [-0.39, 0.29) is 0 Å². The van der Waals surface area contributed by atoms with Crippen LogP contribution in [0.1, 0.15) is 12.8 Å². The molecular weight excluding hydrogens is 236 g/mol. The minimum Gasteiger partial charge on any atom is -0.359 e. The third-order valence-electron chi connectivity index (χ3n) is 3.87. The molecule has 0 unspecified atom stereocenters. The van der Waals surface area contributed by atoms with Crippen LogP contribution >= 0.6 is 0 Å². The number of para-hydroxylation sites is 1. The topological polar surface area (TPSA) is 41.0 Å². The lowest BCUT2D eigenvalue weighted by Gasteiger charge is -2.28. The van der Waals surface area contributed by atoms with Crippen LogP contribution in [-0.2, 0) is 0 Å². The summed E-state index contributed by atoms with van der Waals surface area (Å²) in [7, 11) is 2.14. The van der Waals surface area contributed by atoms with Crippen molar-refractivity contribution in [1.29, 1.82) is 0 Å². The molecule has 2 heterocycles. The first-order valence-corrected chi connectivity index (χ1v) is 6.96. The first kappa shape index (κ1) is 12.4. The molecule has 100 valence electrons. The minimum atomic E-state index is 0.764. The number of rotatable bonds is 3. The van der Waals surface area contributed by atoms with E-state index in [9.17, 15) is 0 Å². The zero-order valence-electron chi connectivity index (χ0n) is 11.3. The van der Waals surface area contributed by atoms with Gasteiger partial charge in [0.15, 0.2) is 0 Å². The predicted octanol–water partition coefficient (Wildman–Crippen LogP) is 2.07. The van der Waals surface area contributed by atoms with Gasteiger partial charge in [-0.2, -0.15) is 0 Å². The monoisotopic (exact) mass is 256 g/mol. The highest BCUT2D eigenvalue weighted by Crippen LogP contribution is 2.23. The smallest absolute Gasteiger partial charge is 0.139 e. The lowest BCUT2D eigenvalue weighted by molar-refractivity contribution is 0.377. The summed E-state index contributed by atoms with van der Waals surface area (Å²) in [5.41, 5.74) is 1.02. The number of aromatic nitrogens is 2. The van der Waals surface area contributed by atoms with Crippen LogP contribution in [0.4, 0.5) is 5.82 Å². The van der Waals surface area contributed by atoms with Gasteiger partial charge in [-0.25, -0.2) is 9.97 Å². The maximum absolute atomic E-state index is 4.47. The molecule has 0 aliphatic carbocycles. The lowest BCUT2D eigenvalue weighted by Crippen LogP contribution is -2.34. The Kier molecular flexibility index (Phi) is 3.60. The number of nitrogens with zero attached hydrogens (tertiary/aromatic N) is 3. The lowest BCUT2D eigenvalue weighted by atomic mass is 9.97. The number of benzene rings is 1. The SMILES string of the molecule is CN(CC1CCNCC1)c1ncnc2ccccc12. The van der Waals surface area contributed by atoms with Crippen LogP contribution in [0.25, 0.3) is 10.9 Å². The van der Waals surface area contributed by atoms with Gasteiger partial charge in [-0.3, -0.25) is 0 Å². The Bertz CT molecular complexity index is 543. The van der Waals surface area contributed by atoms with Gasteiger partial charge >= 0.3 is 0 Å². The molecule has 1 saturated heterocycles. The zero-order valence-corrected chi connectivity index (χ0v) is 11.3. The molecule has 1 fully saturated rings. The van der Waals surface area contributed by atoms with Crippen molar-refractivity contribution in [1.82, 2.24) is 15.3 Å². The maximum atomic E-state index is 4.47. The van der Waals surface area contributed by atoms with Crippen LogP contribution in [-0.4, -0.2) is 36.6 Å². The largest absolute Gasteiger partial charge is 0.359 e. The van der Waals surface area contributed by atoms with Crippen molar-refractivity contribution in [2.24, 2.45) is 5.92 Å². The molecular formula is C15H20N4. The van der Waals surface area contributed by atoms with E-state index in [1.807, 2.05) is 18.2 Å². The molecule has 3 rings (SSSR count). The molecule has 1 aliphatic rings. The van der Waals surface area contributed by atoms with Crippen molar-refractivity contribution in [3.05, 3.63) is 30.6 Å². The highest BCUT2D eigenvalue weighted by atomic mass is 15.2. The van der Waals surface area contributed by atoms with Gasteiger partial charge in [-0.15, -0.1) is 0 Å². The van der Waals surface area contributed by atoms with E-state index in [1.54, 1.807) is 6.33 Å². The molecule has 0 spiro atoms. The van der Waals surface area contributed by atoms with Crippen molar-refractivity contribution < 1.29 is 0 Å². The molecule has 0 radical (unpaired) electrons. The normalized spacial score (nSPS) is 16.7. The van der Waals surface area contributed by atoms with Gasteiger partial charge in [-0.05, 0) is 44.0 Å². The van der Waals surface area contributed by atoms with Crippen molar-refractivity contribution in [2.45, 2.75) is 12.8 Å². The number of piperidine rings is 1. The van der Waals surface area contributed by atoms with E-state index >= 15 is 0 Å². The standard InChI is InChI=1S/C15H20N4/c1-19(10-12-6-8-16-9-7-12)15-13-4-2-3-5-14(13)17-11-18-15/h2-5,11-12,16H,6-10H2,1H3. The first-order valence-electron chi connectivity index (χ1n) is 6.96. The molecule has 1 aromatic carbocycles. The molecule has 1 N–H and O–H groups in total. The Morgan fingerprint density at radius 1 is 1.21 bits per heavy atom. The molecule has 4 nitrogen and oxygen atoms in total. The van der Waals surface area contributed by atoms with Gasteiger partial charge in [0.05, 0.1) is 5.52 Å². The average molecular weight is 256 g/mol. The summed E-state index contributed by atoms with van der Waals surface area (Å²) in [6.45, 7) is 3.36. The van der Waals surface area contributed by atoms with Crippen molar-refractivity contribution >= 4 is 16.7 Å². The van der Waals surface area contributed by atoms with E-state index in [1.165, 1.54) is 12.8 Å². The van der Waals surface area contributed by atoms with Crippen molar-refractivity contribution in [3.63, 3.8) is 0 Å². The first-order chi connectivity index (χ1) is 9.34. The Morgan fingerprint density at radius 3 is 2.84 bits per heavy atom. The van der Waals surface area contributed by atoms with Gasteiger partial charge < -0.3 is 10.2 Å². The van der Waals surface area contributed by atoms with Gasteiger partial charge in [0, 0.05) is 19.0 Å². The zero-order chi connectivity index (χ0) is 13.1.